The van der Waals surface area contributed by atoms with Gasteiger partial charge in [0.1, 0.15) is 0 Å². The van der Waals surface area contributed by atoms with Crippen molar-refractivity contribution in [3.63, 3.8) is 0 Å². The number of benzene rings is 1. The molecule has 2 rings (SSSR count). The Morgan fingerprint density at radius 2 is 1.61 bits per heavy atom. The van der Waals surface area contributed by atoms with Crippen LogP contribution in [0.2, 0.25) is 18.1 Å². The lowest BCUT2D eigenvalue weighted by Crippen LogP contribution is -2.67. The van der Waals surface area contributed by atoms with Crippen LogP contribution in [0.3, 0.4) is 0 Å². The summed E-state index contributed by atoms with van der Waals surface area (Å²) in [7, 11) is -6.16. The molecule has 1 aromatic rings. The van der Waals surface area contributed by atoms with Crippen LogP contribution in [-0.4, -0.2) is 51.0 Å². The molecule has 9 heteroatoms. The normalized spacial score (nSPS) is 21.2. The van der Waals surface area contributed by atoms with E-state index in [4.69, 9.17) is 4.43 Å². The number of aryl methyl sites for hydroxylation is 1. The monoisotopic (exact) mass is 496 g/mol. The molecule has 1 aliphatic heterocycles. The molecule has 4 atom stereocenters. The van der Waals surface area contributed by atoms with E-state index >= 15 is 0 Å². The van der Waals surface area contributed by atoms with Gasteiger partial charge in [-0.3, -0.25) is 9.59 Å². The molecule has 0 saturated carbocycles. The molecular formula is C24H40N2O5SSi. The molecule has 1 saturated heterocycles. The molecule has 0 radical (unpaired) electrons. The molecule has 1 aromatic carbocycles. The van der Waals surface area contributed by atoms with Gasteiger partial charge in [0.25, 0.3) is 10.0 Å². The summed E-state index contributed by atoms with van der Waals surface area (Å²) in [6, 6.07) is 5.39. The summed E-state index contributed by atoms with van der Waals surface area (Å²) in [5.41, 5.74) is 0.931. The average molecular weight is 497 g/mol. The van der Waals surface area contributed by atoms with Gasteiger partial charge in [0.05, 0.1) is 28.9 Å². The second-order valence-corrected chi connectivity index (χ2v) is 17.5. The van der Waals surface area contributed by atoms with E-state index in [-0.39, 0.29) is 21.9 Å². The van der Waals surface area contributed by atoms with Crippen molar-refractivity contribution in [3.8, 4) is 0 Å². The average Bonchev–Trinajstić information content (AvgIpc) is 2.63. The Hall–Kier alpha value is -1.71. The van der Waals surface area contributed by atoms with Crippen molar-refractivity contribution < 1.29 is 22.4 Å². The highest BCUT2D eigenvalue weighted by molar-refractivity contribution is 7.89. The smallest absolute Gasteiger partial charge is 0.266 e. The third-order valence-electron chi connectivity index (χ3n) is 6.98. The van der Waals surface area contributed by atoms with E-state index in [1.165, 1.54) is 12.1 Å². The van der Waals surface area contributed by atoms with Crippen molar-refractivity contribution in [3.05, 3.63) is 29.8 Å². The first-order chi connectivity index (χ1) is 14.9. The van der Waals surface area contributed by atoms with Gasteiger partial charge in [-0.2, -0.15) is 0 Å². The molecular weight excluding hydrogens is 456 g/mol. The first-order valence-electron chi connectivity index (χ1n) is 11.5. The van der Waals surface area contributed by atoms with Crippen LogP contribution in [0.15, 0.2) is 29.2 Å². The molecule has 1 fully saturated rings. The molecule has 0 unspecified atom stereocenters. The van der Waals surface area contributed by atoms with Crippen LogP contribution < -0.4 is 5.32 Å². The van der Waals surface area contributed by atoms with E-state index in [0.717, 1.165) is 9.87 Å². The highest BCUT2D eigenvalue weighted by Gasteiger charge is 2.52. The first kappa shape index (κ1) is 27.5. The second-order valence-electron chi connectivity index (χ2n) is 11.0. The molecule has 7 nitrogen and oxygen atoms in total. The van der Waals surface area contributed by atoms with Crippen molar-refractivity contribution in [2.75, 3.05) is 0 Å². The number of rotatable bonds is 8. The van der Waals surface area contributed by atoms with E-state index in [2.05, 4.69) is 39.2 Å². The second kappa shape index (κ2) is 9.50. The van der Waals surface area contributed by atoms with Crippen LogP contribution in [0.1, 0.15) is 54.0 Å². The summed E-state index contributed by atoms with van der Waals surface area (Å²) in [5.74, 6) is -1.92. The lowest BCUT2D eigenvalue weighted by atomic mass is 9.78. The number of carbonyl (C=O) groups excluding carboxylic acids is 2. The van der Waals surface area contributed by atoms with Crippen molar-refractivity contribution in [2.24, 2.45) is 11.8 Å². The number of sulfonamides is 1. The molecule has 0 spiro atoms. The van der Waals surface area contributed by atoms with Gasteiger partial charge in [0, 0.05) is 6.04 Å². The maximum atomic E-state index is 13.5. The minimum absolute atomic E-state index is 0.0189. The zero-order chi connectivity index (χ0) is 25.5. The van der Waals surface area contributed by atoms with E-state index in [9.17, 15) is 18.0 Å². The van der Waals surface area contributed by atoms with Crippen molar-refractivity contribution in [1.82, 2.24) is 9.62 Å². The van der Waals surface area contributed by atoms with Crippen LogP contribution in [0.5, 0.6) is 0 Å². The molecule has 186 valence electrons. The summed E-state index contributed by atoms with van der Waals surface area (Å²) < 4.78 is 34.0. The molecule has 33 heavy (non-hydrogen) atoms. The van der Waals surface area contributed by atoms with Crippen LogP contribution in [0, 0.1) is 18.8 Å². The highest BCUT2D eigenvalue weighted by Crippen LogP contribution is 2.40. The molecule has 1 aliphatic rings. The van der Waals surface area contributed by atoms with Gasteiger partial charge in [0.2, 0.25) is 11.8 Å². The van der Waals surface area contributed by atoms with Gasteiger partial charge in [0.15, 0.2) is 8.32 Å². The zero-order valence-electron chi connectivity index (χ0n) is 21.6. The van der Waals surface area contributed by atoms with Gasteiger partial charge in [-0.15, -0.1) is 0 Å². The predicted octanol–water partition coefficient (Wildman–Crippen LogP) is 4.08. The largest absolute Gasteiger partial charge is 0.413 e. The lowest BCUT2D eigenvalue weighted by molar-refractivity contribution is -0.146. The van der Waals surface area contributed by atoms with Gasteiger partial charge < -0.3 is 9.74 Å². The summed E-state index contributed by atoms with van der Waals surface area (Å²) in [6.45, 7) is 19.4. The molecule has 0 aromatic heterocycles. The van der Waals surface area contributed by atoms with Crippen molar-refractivity contribution in [1.29, 1.82) is 0 Å². The SMILES string of the molecule is Cc1ccc(S(=O)(=O)N(C(=O)[C@H](C)[C@H]2NC(=O)[C@@H]2[C@@H](C)O[Si](C)(C)C(C)(C)C)C(C)C)cc1. The van der Waals surface area contributed by atoms with E-state index in [1.807, 2.05) is 13.8 Å². The minimum atomic E-state index is -4.03. The number of nitrogens with zero attached hydrogens (tertiary/aromatic N) is 1. The fourth-order valence-electron chi connectivity index (χ4n) is 3.90. The number of hydrogen-bond acceptors (Lipinski definition) is 5. The standard InChI is InChI=1S/C24H40N2O5SSi/c1-15(2)26(32(29,30)19-13-11-16(3)12-14-19)23(28)17(4)21-20(22(27)25-21)18(5)31-33(9,10)24(6,7)8/h11-15,17-18,20-21H,1-10H3,(H,25,27)/t17-,18-,20-,21-/m1/s1. The summed E-state index contributed by atoms with van der Waals surface area (Å²) in [5, 5.41) is 2.81. The first-order valence-corrected chi connectivity index (χ1v) is 15.9. The maximum absolute atomic E-state index is 13.5. The molecule has 1 N–H and O–H groups in total. The Morgan fingerprint density at radius 1 is 1.09 bits per heavy atom. The van der Waals surface area contributed by atoms with E-state index < -0.39 is 48.2 Å². The van der Waals surface area contributed by atoms with Gasteiger partial charge >= 0.3 is 0 Å². The van der Waals surface area contributed by atoms with Gasteiger partial charge in [-0.1, -0.05) is 45.4 Å². The Labute approximate surface area is 200 Å². The topological polar surface area (TPSA) is 92.8 Å². The van der Waals surface area contributed by atoms with Crippen LogP contribution in [0.25, 0.3) is 0 Å². The van der Waals surface area contributed by atoms with E-state index in [0.29, 0.717) is 0 Å². The third-order valence-corrected chi connectivity index (χ3v) is 13.5. The van der Waals surface area contributed by atoms with Crippen LogP contribution in [-0.2, 0) is 24.0 Å². The number of hydrogen-bond donors (Lipinski definition) is 1. The lowest BCUT2D eigenvalue weighted by Gasteiger charge is -2.47. The number of nitrogens with one attached hydrogen (secondary N) is 1. The maximum Gasteiger partial charge on any atom is 0.266 e. The summed E-state index contributed by atoms with van der Waals surface area (Å²) in [6.07, 6.45) is -0.374. The predicted molar refractivity (Wildman–Crippen MR) is 133 cm³/mol. The zero-order valence-corrected chi connectivity index (χ0v) is 23.4. The third kappa shape index (κ3) is 5.52. The highest BCUT2D eigenvalue weighted by atomic mass is 32.2. The molecule has 2 amide bonds. The number of amides is 2. The Bertz CT molecular complexity index is 983. The van der Waals surface area contributed by atoms with E-state index in [1.54, 1.807) is 32.9 Å². The fraction of sp³-hybridized carbons (Fsp3) is 0.667. The quantitative estimate of drug-likeness (QED) is 0.432. The van der Waals surface area contributed by atoms with Crippen molar-refractivity contribution >= 4 is 30.2 Å². The Morgan fingerprint density at radius 3 is 2.03 bits per heavy atom. The van der Waals surface area contributed by atoms with Crippen molar-refractivity contribution in [2.45, 2.75) is 96.6 Å². The fourth-order valence-corrected chi connectivity index (χ4v) is 7.00. The Kier molecular flexibility index (Phi) is 7.93. The Balaban J connectivity index is 2.28. The molecule has 0 bridgehead atoms. The number of β-lactam (4-membered cyclic amide) rings is 1. The summed E-state index contributed by atoms with van der Waals surface area (Å²) in [4.78, 5) is 26.0. The van der Waals surface area contributed by atoms with Crippen LogP contribution in [0.4, 0.5) is 0 Å². The summed E-state index contributed by atoms with van der Waals surface area (Å²) >= 11 is 0. The van der Waals surface area contributed by atoms with Crippen LogP contribution >= 0.6 is 0 Å². The molecule has 0 aliphatic carbocycles. The van der Waals surface area contributed by atoms with Gasteiger partial charge in [-0.25, -0.2) is 12.7 Å². The number of carbonyl (C=O) groups is 2. The van der Waals surface area contributed by atoms with Gasteiger partial charge in [-0.05, 0) is 58.0 Å². The molecule has 1 heterocycles. The minimum Gasteiger partial charge on any atom is -0.413 e.